The van der Waals surface area contributed by atoms with Crippen molar-refractivity contribution in [3.63, 3.8) is 0 Å². The second-order valence-electron chi connectivity index (χ2n) is 13.8. The summed E-state index contributed by atoms with van der Waals surface area (Å²) in [6.45, 7) is -16.7. The fourth-order valence-corrected chi connectivity index (χ4v) is 4.62. The zero-order chi connectivity index (χ0) is 84.7. The smallest absolute Gasteiger partial charge is 0.0622 e. The van der Waals surface area contributed by atoms with E-state index in [1.165, 1.54) is 57.2 Å². The number of benzene rings is 7. The van der Waals surface area contributed by atoms with Crippen LogP contribution in [0.5, 0.6) is 0 Å². The Balaban J connectivity index is 0.000000453. The van der Waals surface area contributed by atoms with Gasteiger partial charge in [-0.2, -0.15) is 0 Å². The van der Waals surface area contributed by atoms with Gasteiger partial charge in [0.15, 0.2) is 0 Å². The first-order valence-electron chi connectivity index (χ1n) is 41.1. The third kappa shape index (κ3) is 19.5. The van der Waals surface area contributed by atoms with E-state index in [0.717, 1.165) is 33.9 Å². The SMILES string of the molecule is [2H]C([2H])([2H])C(c1ccc(C)cc1)(C([2H])([2H])[2H])C([2H])([2H])[2H].[2H]C([2H])([2H])c1cccc(C)c1.[2H]c1c([2H])c(C([2H])([2H])[2H])c(C)c(C([2H])([2H])[2H])c1[2H].[2H]c1c([2H])c(C)c(C)c(C)c1[2H].[2H]c1c([2H])c(C)c([2H])c(C([2H])([2H])[2H])c1[2H].[2H]c1c([2H])c([2H])c(-c2ccc(C)c(C(C([2H])([2H])[2H])(C([2H])([2H])[2H])C([2H])([2H])[2H])c2)c([2H])c1[2H]. The first-order valence-corrected chi connectivity index (χ1v) is 18.6. The third-order valence-electron chi connectivity index (χ3n) is 8.43. The molecule has 0 nitrogen and oxygen atoms in total. The van der Waals surface area contributed by atoms with Gasteiger partial charge in [-0.1, -0.05) is 226 Å². The van der Waals surface area contributed by atoms with Gasteiger partial charge in [0.2, 0.25) is 0 Å². The van der Waals surface area contributed by atoms with Crippen molar-refractivity contribution in [3.05, 3.63) is 235 Å². The summed E-state index contributed by atoms with van der Waals surface area (Å²) in [5.74, 6) is 0. The van der Waals surface area contributed by atoms with Crippen molar-refractivity contribution in [1.82, 2.24) is 0 Å². The third-order valence-corrected chi connectivity index (χ3v) is 8.43. The van der Waals surface area contributed by atoms with Crippen LogP contribution in [0.2, 0.25) is 0 Å². The van der Waals surface area contributed by atoms with Crippen LogP contribution in [0.4, 0.5) is 0 Å². The van der Waals surface area contributed by atoms with E-state index in [2.05, 4.69) is 0 Å². The Hall–Kier alpha value is -5.46. The molecular formula is C62H80. The Labute approximate surface area is 443 Å². The van der Waals surface area contributed by atoms with Crippen molar-refractivity contribution in [3.8, 4) is 11.1 Å². The van der Waals surface area contributed by atoms with Crippen molar-refractivity contribution < 1.29 is 61.7 Å². The molecule has 0 heterocycles. The van der Waals surface area contributed by atoms with Crippen LogP contribution in [0.1, 0.15) is 181 Å². The molecule has 0 fully saturated rings. The monoisotopic (exact) mass is 870 g/mol. The summed E-state index contributed by atoms with van der Waals surface area (Å²) < 4.78 is 340. The van der Waals surface area contributed by atoms with Gasteiger partial charge >= 0.3 is 0 Å². The predicted octanol–water partition coefficient (Wildman–Crippen LogP) is 18.1. The van der Waals surface area contributed by atoms with Crippen molar-refractivity contribution in [1.29, 1.82) is 0 Å². The highest BCUT2D eigenvalue weighted by atomic mass is 14.2. The quantitative estimate of drug-likeness (QED) is 0.154. The molecule has 0 unspecified atom stereocenters. The molecule has 7 rings (SSSR count). The molecule has 0 atom stereocenters. The Morgan fingerprint density at radius 2 is 0.903 bits per heavy atom. The lowest BCUT2D eigenvalue weighted by Gasteiger charge is -2.22. The van der Waals surface area contributed by atoms with Crippen LogP contribution in [-0.2, 0) is 10.8 Å². The van der Waals surface area contributed by atoms with Crippen LogP contribution in [0, 0.1) is 82.8 Å². The summed E-state index contributed by atoms with van der Waals surface area (Å²) >= 11 is 0. The highest BCUT2D eigenvalue weighted by molar-refractivity contribution is 5.65. The molecule has 0 radical (unpaired) electrons. The van der Waals surface area contributed by atoms with Gasteiger partial charge in [0.05, 0.1) is 20.6 Å². The Bertz CT molecular complexity index is 4030. The van der Waals surface area contributed by atoms with E-state index in [1.54, 1.807) is 25.1 Å². The van der Waals surface area contributed by atoms with E-state index < -0.39 is 162 Å². The molecule has 0 aliphatic carbocycles. The zero-order valence-corrected chi connectivity index (χ0v) is 35.9. The lowest BCUT2D eigenvalue weighted by Crippen LogP contribution is -2.13. The summed E-state index contributed by atoms with van der Waals surface area (Å²) in [5.41, 5.74) is -3.81. The summed E-state index contributed by atoms with van der Waals surface area (Å²) in [4.78, 5) is 0. The average Bonchev–Trinajstić information content (AvgIpc) is 0.728. The minimum atomic E-state index is -3.48. The maximum atomic E-state index is 8.12. The molecule has 0 N–H and O–H groups in total. The molecule has 0 bridgehead atoms. The molecule has 0 amide bonds. The minimum Gasteiger partial charge on any atom is -0.0622 e. The molecule has 0 aliphatic heterocycles. The standard InChI is InChI=1S/C17H20.C11H16.2C9H12.2C8H10/c1-13-10-11-15(12-16(13)17(2,3)4)14-8-6-5-7-9-14;1-9-5-7-10(8-6-9)11(2,3)4;2*1-7-5-4-6-8(2)9(7)3;2*1-7-4-3-5-8(2)6-7/h5-12H,1-4H3;5-8H,1-4H3;2*4-6H,1-3H3;2*3-6H,1-2H3/i2D3,3D3,4D3,5D,6D,7D,8D,9D;2D3,3D3,4D3;1D3,2D3,4D,5D,6D;4D,5D,6D;1D3,3D,4D,5D,6D;1D3. The van der Waals surface area contributed by atoms with Crippen molar-refractivity contribution >= 4 is 0 Å². The molecular weight excluding hydrogens is 745 g/mol. The van der Waals surface area contributed by atoms with Crippen LogP contribution in [-0.4, -0.2) is 0 Å². The van der Waals surface area contributed by atoms with E-state index in [1.807, 2.05) is 33.8 Å². The minimum absolute atomic E-state index is 0.0376. The first kappa shape index (κ1) is 16.6. The van der Waals surface area contributed by atoms with E-state index in [9.17, 15) is 0 Å². The lowest BCUT2D eigenvalue weighted by atomic mass is 9.82. The van der Waals surface area contributed by atoms with Crippen molar-refractivity contribution in [2.24, 2.45) is 0 Å². The second kappa shape index (κ2) is 25.5. The fourth-order valence-electron chi connectivity index (χ4n) is 4.62. The summed E-state index contributed by atoms with van der Waals surface area (Å²) in [6, 6.07) is 10.0. The molecule has 328 valence electrons. The van der Waals surface area contributed by atoms with Crippen LogP contribution < -0.4 is 0 Å². The van der Waals surface area contributed by atoms with Crippen molar-refractivity contribution in [2.75, 3.05) is 0 Å². The topological polar surface area (TPSA) is 0 Å². The van der Waals surface area contributed by atoms with Gasteiger partial charge < -0.3 is 0 Å². The molecule has 7 aromatic rings. The molecule has 0 saturated carbocycles. The van der Waals surface area contributed by atoms with E-state index in [4.69, 9.17) is 61.7 Å². The predicted molar refractivity (Wildman–Crippen MR) is 278 cm³/mol. The average molecular weight is 871 g/mol. The molecule has 7 aromatic carbocycles. The normalized spacial score (nSPS) is 23.0. The summed E-state index contributed by atoms with van der Waals surface area (Å²) in [6.07, 6.45) is 0. The van der Waals surface area contributed by atoms with E-state index in [-0.39, 0.29) is 63.6 Å². The number of hydrogen-bond acceptors (Lipinski definition) is 0. The van der Waals surface area contributed by atoms with E-state index >= 15 is 0 Å². The van der Waals surface area contributed by atoms with Crippen LogP contribution in [0.15, 0.2) is 157 Å². The number of rotatable bonds is 1. The maximum Gasteiger partial charge on any atom is 0.0629 e. The van der Waals surface area contributed by atoms with Crippen LogP contribution >= 0.6 is 0 Å². The molecule has 0 aromatic heterocycles. The van der Waals surface area contributed by atoms with Gasteiger partial charge in [0.25, 0.3) is 0 Å². The van der Waals surface area contributed by atoms with Gasteiger partial charge in [-0.25, -0.2) is 0 Å². The first-order chi connectivity index (χ1) is 47.6. The van der Waals surface area contributed by atoms with Gasteiger partial charge in [-0.3, -0.25) is 0 Å². The maximum absolute atomic E-state index is 8.12. The molecule has 0 aliphatic rings. The molecule has 0 spiro atoms. The largest absolute Gasteiger partial charge is 0.0629 e. The van der Waals surface area contributed by atoms with Gasteiger partial charge in [0.1, 0.15) is 0 Å². The van der Waals surface area contributed by atoms with Crippen molar-refractivity contribution in [2.45, 2.75) is 135 Å². The Morgan fingerprint density at radius 1 is 0.371 bits per heavy atom. The highest BCUT2D eigenvalue weighted by Gasteiger charge is 2.17. The highest BCUT2D eigenvalue weighted by Crippen LogP contribution is 2.30. The Kier molecular flexibility index (Phi) is 6.81. The number of hydrogen-bond donors (Lipinski definition) is 0. The van der Waals surface area contributed by atoms with Gasteiger partial charge in [-0.15, -0.1) is 0 Å². The molecule has 62 heavy (non-hydrogen) atoms. The molecule has 0 heteroatoms. The number of aryl methyl sites for hydroxylation is 4. The molecule has 0 saturated heterocycles. The Morgan fingerprint density at radius 3 is 1.44 bits per heavy atom. The second-order valence-corrected chi connectivity index (χ2v) is 13.8. The summed E-state index contributed by atoms with van der Waals surface area (Å²) in [7, 11) is 0. The van der Waals surface area contributed by atoms with Gasteiger partial charge in [0, 0.05) is 41.1 Å². The lowest BCUT2D eigenvalue weighted by molar-refractivity contribution is 0.586. The van der Waals surface area contributed by atoms with Crippen LogP contribution in [0.25, 0.3) is 11.1 Å². The fraction of sp³-hybridized carbons (Fsp3) is 0.323. The van der Waals surface area contributed by atoms with E-state index in [0.29, 0.717) is 5.56 Å². The summed E-state index contributed by atoms with van der Waals surface area (Å²) in [5, 5.41) is 0. The zero-order valence-electron chi connectivity index (χ0n) is 80.9. The van der Waals surface area contributed by atoms with Crippen LogP contribution in [0.3, 0.4) is 0 Å². The van der Waals surface area contributed by atoms with Gasteiger partial charge in [-0.05, 0) is 155 Å².